The van der Waals surface area contributed by atoms with Crippen LogP contribution in [0.2, 0.25) is 0 Å². The van der Waals surface area contributed by atoms with Crippen LogP contribution in [0.5, 0.6) is 0 Å². The van der Waals surface area contributed by atoms with Gasteiger partial charge in [0.25, 0.3) is 7.82 Å². The van der Waals surface area contributed by atoms with Crippen LogP contribution in [0.25, 0.3) is 0 Å². The van der Waals surface area contributed by atoms with Gasteiger partial charge in [0.2, 0.25) is 0 Å². The molecule has 0 aromatic rings. The Morgan fingerprint density at radius 3 is 1.52 bits per heavy atom. The highest BCUT2D eigenvalue weighted by atomic mass is 31.2. The third-order valence-corrected chi connectivity index (χ3v) is 10.4. The van der Waals surface area contributed by atoms with E-state index in [1.54, 1.807) is 0 Å². The Kier molecular flexibility index (Phi) is 37.7. The first kappa shape index (κ1) is 52.7. The molecule has 0 fully saturated rings. The summed E-state index contributed by atoms with van der Waals surface area (Å²) in [6.07, 6.45) is 44.3. The lowest BCUT2D eigenvalue weighted by atomic mass is 10.1. The highest BCUT2D eigenvalue weighted by molar-refractivity contribution is 7.45. The fourth-order valence-corrected chi connectivity index (χ4v) is 6.65. The molecule has 0 saturated carbocycles. The van der Waals surface area contributed by atoms with E-state index in [1.165, 1.54) is 128 Å². The molecule has 318 valence electrons. The van der Waals surface area contributed by atoms with E-state index in [0.717, 1.165) is 38.5 Å². The van der Waals surface area contributed by atoms with Crippen LogP contribution in [0.1, 0.15) is 187 Å². The zero-order valence-electron chi connectivity index (χ0n) is 35.9. The van der Waals surface area contributed by atoms with Gasteiger partial charge in [-0.25, -0.2) is 0 Å². The molecule has 0 aromatic carbocycles. The molecule has 54 heavy (non-hydrogen) atoms. The van der Waals surface area contributed by atoms with Gasteiger partial charge >= 0.3 is 5.97 Å². The molecule has 0 aliphatic heterocycles. The van der Waals surface area contributed by atoms with E-state index in [-0.39, 0.29) is 25.8 Å². The van der Waals surface area contributed by atoms with Gasteiger partial charge in [-0.15, -0.1) is 0 Å². The van der Waals surface area contributed by atoms with E-state index in [1.807, 2.05) is 21.1 Å². The summed E-state index contributed by atoms with van der Waals surface area (Å²) in [6.45, 7) is 5.35. The van der Waals surface area contributed by atoms with Crippen LogP contribution >= 0.6 is 7.82 Å². The van der Waals surface area contributed by atoms with Gasteiger partial charge in [-0.2, -0.15) is 0 Å². The summed E-state index contributed by atoms with van der Waals surface area (Å²) < 4.78 is 34.6. The Balaban J connectivity index is 4.22. The monoisotopic (exact) mass is 784 g/mol. The van der Waals surface area contributed by atoms with Crippen LogP contribution in [0.4, 0.5) is 0 Å². The molecule has 9 heteroatoms. The van der Waals surface area contributed by atoms with Crippen molar-refractivity contribution in [3.63, 3.8) is 0 Å². The third kappa shape index (κ3) is 41.9. The third-order valence-electron chi connectivity index (χ3n) is 9.41. The topological polar surface area (TPSA) is 94.1 Å². The van der Waals surface area contributed by atoms with E-state index in [2.05, 4.69) is 50.3 Å². The van der Waals surface area contributed by atoms with Crippen molar-refractivity contribution in [2.75, 3.05) is 54.1 Å². The quantitative estimate of drug-likeness (QED) is 0.0200. The number of nitrogens with zero attached hydrogens (tertiary/aromatic N) is 1. The van der Waals surface area contributed by atoms with Gasteiger partial charge in [-0.1, -0.05) is 147 Å². The number of allylic oxidation sites excluding steroid dienone is 6. The molecule has 0 amide bonds. The molecule has 2 atom stereocenters. The van der Waals surface area contributed by atoms with E-state index in [4.69, 9.17) is 18.5 Å². The molecular weight excluding hydrogens is 697 g/mol. The number of quaternary nitrogens is 1. The molecule has 0 heterocycles. The van der Waals surface area contributed by atoms with Gasteiger partial charge in [-0.05, 0) is 70.6 Å². The van der Waals surface area contributed by atoms with Crippen LogP contribution in [0.3, 0.4) is 0 Å². The molecular formula is C45H86NO7P. The summed E-state index contributed by atoms with van der Waals surface area (Å²) in [7, 11) is 1.35. The predicted molar refractivity (Wildman–Crippen MR) is 227 cm³/mol. The van der Waals surface area contributed by atoms with E-state index >= 15 is 0 Å². The summed E-state index contributed by atoms with van der Waals surface area (Å²) >= 11 is 0. The second-order valence-electron chi connectivity index (χ2n) is 16.0. The maximum atomic E-state index is 12.7. The average molecular weight is 784 g/mol. The molecule has 8 nitrogen and oxygen atoms in total. The number of ether oxygens (including phenoxy) is 2. The number of rotatable bonds is 41. The van der Waals surface area contributed by atoms with E-state index < -0.39 is 13.9 Å². The smallest absolute Gasteiger partial charge is 0.306 e. The first-order valence-corrected chi connectivity index (χ1v) is 23.7. The predicted octanol–water partition coefficient (Wildman–Crippen LogP) is 12.4. The Morgan fingerprint density at radius 2 is 1.02 bits per heavy atom. The van der Waals surface area contributed by atoms with Crippen molar-refractivity contribution in [2.24, 2.45) is 0 Å². The minimum atomic E-state index is -4.52. The Bertz CT molecular complexity index is 962. The maximum absolute atomic E-state index is 12.7. The molecule has 0 bridgehead atoms. The highest BCUT2D eigenvalue weighted by Gasteiger charge is 2.20. The van der Waals surface area contributed by atoms with Gasteiger partial charge in [0.05, 0.1) is 34.4 Å². The molecule has 0 aliphatic rings. The lowest BCUT2D eigenvalue weighted by molar-refractivity contribution is -0.870. The molecule has 0 saturated heterocycles. The number of phosphoric ester groups is 1. The normalized spacial score (nSPS) is 14.1. The zero-order chi connectivity index (χ0) is 39.9. The number of likely N-dealkylation sites (N-methyl/N-ethyl adjacent to an activating group) is 1. The van der Waals surface area contributed by atoms with Crippen LogP contribution in [0, 0.1) is 0 Å². The highest BCUT2D eigenvalue weighted by Crippen LogP contribution is 2.38. The van der Waals surface area contributed by atoms with Gasteiger partial charge < -0.3 is 27.9 Å². The van der Waals surface area contributed by atoms with Gasteiger partial charge in [0.15, 0.2) is 0 Å². The van der Waals surface area contributed by atoms with Crippen molar-refractivity contribution in [3.05, 3.63) is 36.5 Å². The molecule has 0 radical (unpaired) electrons. The fraction of sp³-hybridized carbons (Fsp3) is 0.844. The number of hydrogen-bond acceptors (Lipinski definition) is 7. The van der Waals surface area contributed by atoms with Gasteiger partial charge in [0.1, 0.15) is 19.3 Å². The van der Waals surface area contributed by atoms with Crippen molar-refractivity contribution in [1.29, 1.82) is 0 Å². The van der Waals surface area contributed by atoms with Crippen molar-refractivity contribution < 1.29 is 37.3 Å². The Morgan fingerprint density at radius 1 is 0.574 bits per heavy atom. The number of carbonyl (C=O) groups excluding carboxylic acids is 1. The summed E-state index contributed by atoms with van der Waals surface area (Å²) in [4.78, 5) is 25.0. The van der Waals surface area contributed by atoms with Crippen LogP contribution in [-0.4, -0.2) is 70.7 Å². The molecule has 0 spiro atoms. The van der Waals surface area contributed by atoms with Gasteiger partial charge in [-0.3, -0.25) is 9.36 Å². The van der Waals surface area contributed by atoms with Crippen LogP contribution in [0.15, 0.2) is 36.5 Å². The van der Waals surface area contributed by atoms with E-state index in [0.29, 0.717) is 24.1 Å². The number of phosphoric acid groups is 1. The van der Waals surface area contributed by atoms with Crippen molar-refractivity contribution in [2.45, 2.75) is 193 Å². The SMILES string of the molecule is CCCCC/C=C\C/C=C\CCCCCCCCCCCC(=O)OC(COCCCCCCCC/C=C\CCCCC)COP(=O)([O-])OCC[N+](C)(C)C. The lowest BCUT2D eigenvalue weighted by Crippen LogP contribution is -2.37. The molecule has 2 unspecified atom stereocenters. The second kappa shape index (κ2) is 38.6. The molecule has 0 aliphatic carbocycles. The lowest BCUT2D eigenvalue weighted by Gasteiger charge is -2.28. The maximum Gasteiger partial charge on any atom is 0.306 e. The summed E-state index contributed by atoms with van der Waals surface area (Å²) in [6, 6.07) is 0. The summed E-state index contributed by atoms with van der Waals surface area (Å²) in [5, 5.41) is 0. The first-order chi connectivity index (χ1) is 26.1. The number of hydrogen-bond donors (Lipinski definition) is 0. The van der Waals surface area contributed by atoms with Gasteiger partial charge in [0, 0.05) is 13.0 Å². The molecule has 0 aromatic heterocycles. The molecule has 0 rings (SSSR count). The average Bonchev–Trinajstić information content (AvgIpc) is 3.12. The summed E-state index contributed by atoms with van der Waals surface area (Å²) in [5.74, 6) is -0.341. The second-order valence-corrected chi connectivity index (χ2v) is 17.5. The largest absolute Gasteiger partial charge is 0.756 e. The summed E-state index contributed by atoms with van der Waals surface area (Å²) in [5.41, 5.74) is 0. The van der Waals surface area contributed by atoms with E-state index in [9.17, 15) is 14.3 Å². The molecule has 0 N–H and O–H groups in total. The Hall–Kier alpha value is -1.28. The first-order valence-electron chi connectivity index (χ1n) is 22.2. The zero-order valence-corrected chi connectivity index (χ0v) is 36.8. The number of carbonyl (C=O) groups is 1. The number of esters is 1. The number of unbranched alkanes of at least 4 members (excludes halogenated alkanes) is 21. The van der Waals surface area contributed by atoms with Crippen molar-refractivity contribution in [3.8, 4) is 0 Å². The van der Waals surface area contributed by atoms with Crippen LogP contribution < -0.4 is 4.89 Å². The Labute approximate surface area is 334 Å². The van der Waals surface area contributed by atoms with Crippen molar-refractivity contribution >= 4 is 13.8 Å². The minimum Gasteiger partial charge on any atom is -0.756 e. The van der Waals surface area contributed by atoms with Crippen LogP contribution in [-0.2, 0) is 27.9 Å². The standard InChI is InChI=1S/C45H86NO7P/c1-6-8-10-12-14-16-18-20-21-22-23-24-25-26-28-30-32-34-36-38-45(47)53-44(43-52-54(48,49)51-41-39-46(3,4)5)42-50-40-37-35-33-31-29-27-19-17-15-13-11-9-7-2/h14-17,20-21,44H,6-13,18-19,22-43H2,1-5H3/b16-14-,17-15-,21-20-. The van der Waals surface area contributed by atoms with Crippen molar-refractivity contribution in [1.82, 2.24) is 0 Å². The minimum absolute atomic E-state index is 0.0240. The fourth-order valence-electron chi connectivity index (χ4n) is 5.92.